The van der Waals surface area contributed by atoms with Crippen LogP contribution in [0.25, 0.3) is 6.08 Å². The number of hydrogen-bond acceptors (Lipinski definition) is 6. The minimum absolute atomic E-state index is 0.116. The summed E-state index contributed by atoms with van der Waals surface area (Å²) in [6.45, 7) is 1.60. The molecule has 4 aromatic rings. The summed E-state index contributed by atoms with van der Waals surface area (Å²) in [5, 5.41) is 0.339. The first-order valence-electron chi connectivity index (χ1n) is 12.5. The van der Waals surface area contributed by atoms with Crippen molar-refractivity contribution in [2.24, 2.45) is 4.99 Å². The number of benzene rings is 3. The van der Waals surface area contributed by atoms with Gasteiger partial charge in [0.05, 0.1) is 22.8 Å². The monoisotopic (exact) mass is 598 g/mol. The van der Waals surface area contributed by atoms with Crippen molar-refractivity contribution in [3.8, 4) is 5.75 Å². The zero-order valence-corrected chi connectivity index (χ0v) is 23.1. The molecular weight excluding hydrogens is 577 g/mol. The molecule has 0 spiro atoms. The molecule has 0 saturated heterocycles. The van der Waals surface area contributed by atoms with Crippen LogP contribution in [-0.2, 0) is 16.1 Å². The molecule has 5 rings (SSSR count). The average Bonchev–Trinajstić information content (AvgIpc) is 3.27. The highest BCUT2D eigenvalue weighted by atomic mass is 35.5. The number of hydrogen-bond donors (Lipinski definition) is 0. The average molecular weight is 599 g/mol. The van der Waals surface area contributed by atoms with Crippen molar-refractivity contribution in [1.29, 1.82) is 0 Å². The third-order valence-corrected chi connectivity index (χ3v) is 7.46. The summed E-state index contributed by atoms with van der Waals surface area (Å²) < 4.78 is 55.0. The SMILES string of the molecule is CCOC(=O)C1=C(C(F)(F)F)N=c2s/c(=C/c3ccccc3OCc3ccccc3)c(=O)n2[C@@H]1c1ccc(Cl)cc1. The van der Waals surface area contributed by atoms with Gasteiger partial charge in [-0.15, -0.1) is 0 Å². The number of halogens is 4. The third kappa shape index (κ3) is 5.98. The van der Waals surface area contributed by atoms with Gasteiger partial charge in [0.1, 0.15) is 12.4 Å². The van der Waals surface area contributed by atoms with Gasteiger partial charge in [-0.25, -0.2) is 9.79 Å². The van der Waals surface area contributed by atoms with Crippen LogP contribution in [0.4, 0.5) is 13.2 Å². The highest BCUT2D eigenvalue weighted by molar-refractivity contribution is 7.07. The van der Waals surface area contributed by atoms with Gasteiger partial charge >= 0.3 is 12.1 Å². The first-order chi connectivity index (χ1) is 19.7. The topological polar surface area (TPSA) is 69.9 Å². The molecule has 2 heterocycles. The number of para-hydroxylation sites is 1. The largest absolute Gasteiger partial charge is 0.488 e. The molecule has 1 aromatic heterocycles. The first-order valence-corrected chi connectivity index (χ1v) is 13.7. The van der Waals surface area contributed by atoms with Crippen LogP contribution in [0.15, 0.2) is 99.9 Å². The number of thiazole rings is 1. The highest BCUT2D eigenvalue weighted by Crippen LogP contribution is 2.38. The van der Waals surface area contributed by atoms with Crippen LogP contribution in [0.5, 0.6) is 5.75 Å². The Balaban J connectivity index is 1.68. The maximum absolute atomic E-state index is 14.3. The molecule has 0 unspecified atom stereocenters. The number of aromatic nitrogens is 1. The van der Waals surface area contributed by atoms with Gasteiger partial charge in [0.15, 0.2) is 10.5 Å². The highest BCUT2D eigenvalue weighted by Gasteiger charge is 2.45. The second-order valence-electron chi connectivity index (χ2n) is 8.93. The summed E-state index contributed by atoms with van der Waals surface area (Å²) in [6, 6.07) is 21.0. The Morgan fingerprint density at radius 3 is 2.41 bits per heavy atom. The van der Waals surface area contributed by atoms with Crippen molar-refractivity contribution in [2.75, 3.05) is 6.61 Å². The fourth-order valence-corrected chi connectivity index (χ4v) is 5.53. The number of rotatable bonds is 7. The smallest absolute Gasteiger partial charge is 0.434 e. The lowest BCUT2D eigenvalue weighted by Crippen LogP contribution is -2.41. The minimum Gasteiger partial charge on any atom is -0.488 e. The zero-order chi connectivity index (χ0) is 29.1. The predicted octanol–water partition coefficient (Wildman–Crippen LogP) is 5.57. The summed E-state index contributed by atoms with van der Waals surface area (Å²) in [4.78, 5) is 30.3. The van der Waals surface area contributed by atoms with Crippen LogP contribution < -0.4 is 19.6 Å². The fourth-order valence-electron chi connectivity index (χ4n) is 4.41. The molecule has 0 saturated carbocycles. The summed E-state index contributed by atoms with van der Waals surface area (Å²) in [5.74, 6) is -0.725. The van der Waals surface area contributed by atoms with E-state index in [4.69, 9.17) is 21.1 Å². The molecule has 6 nitrogen and oxygen atoms in total. The summed E-state index contributed by atoms with van der Waals surface area (Å²) in [6.07, 6.45) is -3.44. The van der Waals surface area contributed by atoms with Crippen LogP contribution in [0.3, 0.4) is 0 Å². The van der Waals surface area contributed by atoms with Crippen LogP contribution in [0.2, 0.25) is 5.02 Å². The van der Waals surface area contributed by atoms with Gasteiger partial charge < -0.3 is 9.47 Å². The van der Waals surface area contributed by atoms with Gasteiger partial charge in [-0.3, -0.25) is 9.36 Å². The molecular formula is C30H22ClF3N2O4S. The van der Waals surface area contributed by atoms with E-state index in [1.165, 1.54) is 31.2 Å². The Morgan fingerprint density at radius 2 is 1.73 bits per heavy atom. The van der Waals surface area contributed by atoms with Crippen LogP contribution in [-0.4, -0.2) is 23.3 Å². The number of nitrogens with zero attached hydrogens (tertiary/aromatic N) is 2. The molecule has 210 valence electrons. The normalized spacial score (nSPS) is 15.3. The summed E-state index contributed by atoms with van der Waals surface area (Å²) >= 11 is 6.81. The molecule has 1 aliphatic heterocycles. The standard InChI is InChI=1S/C30H22ClF3N2O4S/c1-2-39-28(38)24-25(19-12-14-21(31)15-13-19)36-27(37)23(41-29(36)35-26(24)30(32,33)34)16-20-10-6-7-11-22(20)40-17-18-8-4-3-5-9-18/h3-16,25H,2,17H2,1H3/b23-16+/t25-/m1/s1. The van der Waals surface area contributed by atoms with Gasteiger partial charge in [-0.1, -0.05) is 83.6 Å². The zero-order valence-electron chi connectivity index (χ0n) is 21.5. The van der Waals surface area contributed by atoms with Crippen LogP contribution >= 0.6 is 22.9 Å². The second-order valence-corrected chi connectivity index (χ2v) is 10.4. The Kier molecular flexibility index (Phi) is 8.14. The van der Waals surface area contributed by atoms with Gasteiger partial charge in [-0.05, 0) is 42.3 Å². The first kappa shape index (κ1) is 28.4. The Labute approximate surface area is 241 Å². The van der Waals surface area contributed by atoms with E-state index in [0.717, 1.165) is 21.5 Å². The summed E-state index contributed by atoms with van der Waals surface area (Å²) in [7, 11) is 0. The van der Waals surface area contributed by atoms with E-state index in [9.17, 15) is 22.8 Å². The number of allylic oxidation sites excluding steroid dienone is 1. The minimum atomic E-state index is -4.99. The maximum atomic E-state index is 14.3. The number of ether oxygens (including phenoxy) is 2. The third-order valence-electron chi connectivity index (χ3n) is 6.22. The van der Waals surface area contributed by atoms with Gasteiger partial charge in [0.25, 0.3) is 5.56 Å². The number of fused-ring (bicyclic) bond motifs is 1. The van der Waals surface area contributed by atoms with Gasteiger partial charge in [-0.2, -0.15) is 13.2 Å². The fraction of sp³-hybridized carbons (Fsp3) is 0.167. The van der Waals surface area contributed by atoms with Crippen LogP contribution in [0, 0.1) is 0 Å². The molecule has 0 N–H and O–H groups in total. The van der Waals surface area contributed by atoms with Crippen molar-refractivity contribution < 1.29 is 27.4 Å². The van der Waals surface area contributed by atoms with Crippen molar-refractivity contribution in [2.45, 2.75) is 25.7 Å². The summed E-state index contributed by atoms with van der Waals surface area (Å²) in [5.41, 5.74) is -1.06. The quantitative estimate of drug-likeness (QED) is 0.261. The van der Waals surface area contributed by atoms with Crippen LogP contribution in [0.1, 0.15) is 29.7 Å². The van der Waals surface area contributed by atoms with Crippen molar-refractivity contribution in [1.82, 2.24) is 4.57 Å². The van der Waals surface area contributed by atoms with E-state index >= 15 is 0 Å². The molecule has 0 amide bonds. The van der Waals surface area contributed by atoms with Crippen molar-refractivity contribution >= 4 is 35.0 Å². The number of carbonyl (C=O) groups is 1. The van der Waals surface area contributed by atoms with E-state index < -0.39 is 35.0 Å². The Morgan fingerprint density at radius 1 is 1.05 bits per heavy atom. The molecule has 41 heavy (non-hydrogen) atoms. The predicted molar refractivity (Wildman–Crippen MR) is 149 cm³/mol. The Bertz CT molecular complexity index is 1800. The molecule has 0 radical (unpaired) electrons. The lowest BCUT2D eigenvalue weighted by molar-refractivity contribution is -0.140. The number of alkyl halides is 3. The van der Waals surface area contributed by atoms with Crippen molar-refractivity contribution in [3.63, 3.8) is 0 Å². The molecule has 1 atom stereocenters. The maximum Gasteiger partial charge on any atom is 0.434 e. The molecule has 0 fully saturated rings. The van der Waals surface area contributed by atoms with E-state index in [0.29, 0.717) is 16.3 Å². The number of esters is 1. The van der Waals surface area contributed by atoms with E-state index in [2.05, 4.69) is 4.99 Å². The number of carbonyl (C=O) groups excluding carboxylic acids is 1. The lowest BCUT2D eigenvalue weighted by Gasteiger charge is -2.26. The molecule has 0 bridgehead atoms. The van der Waals surface area contributed by atoms with E-state index in [1.807, 2.05) is 30.3 Å². The Hall–Kier alpha value is -4.15. The van der Waals surface area contributed by atoms with E-state index in [1.54, 1.807) is 30.3 Å². The lowest BCUT2D eigenvalue weighted by atomic mass is 9.95. The van der Waals surface area contributed by atoms with Gasteiger partial charge in [0, 0.05) is 10.6 Å². The molecule has 11 heteroatoms. The van der Waals surface area contributed by atoms with Gasteiger partial charge in [0.2, 0.25) is 0 Å². The molecule has 1 aliphatic rings. The van der Waals surface area contributed by atoms with Crippen molar-refractivity contribution in [3.05, 3.63) is 132 Å². The molecule has 0 aliphatic carbocycles. The van der Waals surface area contributed by atoms with E-state index in [-0.39, 0.29) is 28.1 Å². The molecule has 3 aromatic carbocycles. The second kappa shape index (κ2) is 11.8.